The second-order valence-corrected chi connectivity index (χ2v) is 6.85. The number of anilines is 1. The molecule has 7 nitrogen and oxygen atoms in total. The Hall–Kier alpha value is -2.80. The minimum absolute atomic E-state index is 0.0910. The highest BCUT2D eigenvalue weighted by Crippen LogP contribution is 2.38. The number of non-ortho nitro benzene ring substituents is 1. The van der Waals surface area contributed by atoms with E-state index in [0.717, 1.165) is 16.8 Å². The van der Waals surface area contributed by atoms with Crippen molar-refractivity contribution in [2.75, 3.05) is 32.2 Å². The third-order valence-corrected chi connectivity index (χ3v) is 5.21. The fourth-order valence-corrected chi connectivity index (χ4v) is 3.59. The van der Waals surface area contributed by atoms with Crippen molar-refractivity contribution in [1.82, 2.24) is 0 Å². The molecular formula is C20H24N2O5. The van der Waals surface area contributed by atoms with Gasteiger partial charge in [-0.15, -0.1) is 0 Å². The molecular weight excluding hydrogens is 348 g/mol. The van der Waals surface area contributed by atoms with Crippen molar-refractivity contribution in [3.63, 3.8) is 0 Å². The van der Waals surface area contributed by atoms with Gasteiger partial charge in [0.25, 0.3) is 5.69 Å². The highest BCUT2D eigenvalue weighted by molar-refractivity contribution is 5.58. The van der Waals surface area contributed by atoms with E-state index >= 15 is 0 Å². The third kappa shape index (κ3) is 3.83. The van der Waals surface area contributed by atoms with Gasteiger partial charge >= 0.3 is 0 Å². The van der Waals surface area contributed by atoms with E-state index in [4.69, 9.17) is 9.47 Å². The van der Waals surface area contributed by atoms with E-state index in [-0.39, 0.29) is 10.6 Å². The number of hydrogen-bond acceptors (Lipinski definition) is 6. The number of nitro benzene ring substituents is 1. The quantitative estimate of drug-likeness (QED) is 0.639. The molecule has 0 aromatic heterocycles. The average Bonchev–Trinajstić information content (AvgIpc) is 2.68. The van der Waals surface area contributed by atoms with Crippen molar-refractivity contribution >= 4 is 11.4 Å². The van der Waals surface area contributed by atoms with Crippen LogP contribution in [0.5, 0.6) is 11.5 Å². The number of nitro groups is 1. The average molecular weight is 372 g/mol. The molecule has 27 heavy (non-hydrogen) atoms. The fourth-order valence-electron chi connectivity index (χ4n) is 3.59. The van der Waals surface area contributed by atoms with Gasteiger partial charge in [0.05, 0.1) is 24.7 Å². The summed E-state index contributed by atoms with van der Waals surface area (Å²) in [5, 5.41) is 22.1. The van der Waals surface area contributed by atoms with Crippen molar-refractivity contribution in [2.24, 2.45) is 0 Å². The highest BCUT2D eigenvalue weighted by atomic mass is 16.6. The Labute approximate surface area is 158 Å². The number of hydrogen-bond donors (Lipinski definition) is 1. The predicted molar refractivity (Wildman–Crippen MR) is 103 cm³/mol. The summed E-state index contributed by atoms with van der Waals surface area (Å²) in [6, 6.07) is 10.4. The maximum absolute atomic E-state index is 11.2. The van der Waals surface area contributed by atoms with Crippen LogP contribution >= 0.6 is 0 Å². The number of aryl methyl sites for hydroxylation is 1. The number of methoxy groups -OCH3 is 2. The third-order valence-electron chi connectivity index (χ3n) is 5.21. The molecule has 1 fully saturated rings. The van der Waals surface area contributed by atoms with Gasteiger partial charge in [0.1, 0.15) is 11.5 Å². The number of benzene rings is 2. The largest absolute Gasteiger partial charge is 0.497 e. The van der Waals surface area contributed by atoms with E-state index in [1.807, 2.05) is 19.1 Å². The summed E-state index contributed by atoms with van der Waals surface area (Å²) in [5.74, 6) is 1.29. The van der Waals surface area contributed by atoms with Gasteiger partial charge in [-0.05, 0) is 49.1 Å². The summed E-state index contributed by atoms with van der Waals surface area (Å²) in [7, 11) is 3.17. The van der Waals surface area contributed by atoms with E-state index in [0.29, 0.717) is 37.4 Å². The molecule has 0 saturated carbocycles. The maximum Gasteiger partial charge on any atom is 0.269 e. The van der Waals surface area contributed by atoms with Gasteiger partial charge in [-0.3, -0.25) is 10.1 Å². The predicted octanol–water partition coefficient (Wildman–Crippen LogP) is 3.41. The molecule has 1 N–H and O–H groups in total. The number of aliphatic hydroxyl groups is 1. The Kier molecular flexibility index (Phi) is 5.23. The van der Waals surface area contributed by atoms with Gasteiger partial charge in [-0.25, -0.2) is 0 Å². The molecule has 0 atom stereocenters. The second-order valence-electron chi connectivity index (χ2n) is 6.85. The molecule has 1 saturated heterocycles. The van der Waals surface area contributed by atoms with E-state index in [1.165, 1.54) is 6.07 Å². The molecule has 2 aromatic carbocycles. The van der Waals surface area contributed by atoms with Crippen LogP contribution in [-0.4, -0.2) is 37.3 Å². The number of rotatable bonds is 5. The Balaban J connectivity index is 1.79. The minimum atomic E-state index is -0.965. The van der Waals surface area contributed by atoms with Crippen LogP contribution in [0.25, 0.3) is 0 Å². The normalized spacial score (nSPS) is 16.1. The molecule has 0 spiro atoms. The van der Waals surface area contributed by atoms with Crippen LogP contribution in [0, 0.1) is 17.0 Å². The lowest BCUT2D eigenvalue weighted by Crippen LogP contribution is -2.42. The number of piperidine rings is 1. The highest BCUT2D eigenvalue weighted by Gasteiger charge is 2.35. The van der Waals surface area contributed by atoms with Crippen molar-refractivity contribution in [1.29, 1.82) is 0 Å². The maximum atomic E-state index is 11.2. The summed E-state index contributed by atoms with van der Waals surface area (Å²) in [6.07, 6.45) is 1.08. The topological polar surface area (TPSA) is 85.1 Å². The summed E-state index contributed by atoms with van der Waals surface area (Å²) in [5.41, 5.74) is 1.73. The van der Waals surface area contributed by atoms with E-state index in [9.17, 15) is 15.2 Å². The van der Waals surface area contributed by atoms with Crippen LogP contribution in [0.2, 0.25) is 0 Å². The lowest BCUT2D eigenvalue weighted by molar-refractivity contribution is -0.384. The molecule has 0 amide bonds. The molecule has 144 valence electrons. The van der Waals surface area contributed by atoms with Gasteiger partial charge < -0.3 is 19.5 Å². The van der Waals surface area contributed by atoms with Gasteiger partial charge in [-0.1, -0.05) is 0 Å². The van der Waals surface area contributed by atoms with E-state index in [2.05, 4.69) is 4.90 Å². The van der Waals surface area contributed by atoms with Gasteiger partial charge in [0.2, 0.25) is 0 Å². The van der Waals surface area contributed by atoms with Crippen molar-refractivity contribution in [3.05, 3.63) is 57.6 Å². The second kappa shape index (κ2) is 7.44. The Morgan fingerprint density at radius 2 is 1.67 bits per heavy atom. The number of ether oxygens (including phenoxy) is 2. The molecule has 2 aromatic rings. The van der Waals surface area contributed by atoms with Gasteiger partial charge in [0, 0.05) is 37.0 Å². The zero-order valence-electron chi connectivity index (χ0n) is 15.8. The first-order chi connectivity index (χ1) is 12.9. The standard InChI is InChI=1S/C20H24N2O5/c1-14-10-16(22(24)25)4-5-19(14)21-8-6-20(23,7-9-21)15-11-17(26-2)13-18(12-15)27-3/h4-5,10-13,23H,6-9H2,1-3H3. The molecule has 1 aliphatic heterocycles. The first-order valence-electron chi connectivity index (χ1n) is 8.82. The molecule has 0 aliphatic carbocycles. The van der Waals surface area contributed by atoms with Crippen LogP contribution in [-0.2, 0) is 5.60 Å². The molecule has 1 heterocycles. The Bertz CT molecular complexity index is 822. The molecule has 7 heteroatoms. The summed E-state index contributed by atoms with van der Waals surface area (Å²) in [4.78, 5) is 12.7. The minimum Gasteiger partial charge on any atom is -0.497 e. The van der Waals surface area contributed by atoms with Gasteiger partial charge in [0.15, 0.2) is 0 Å². The Morgan fingerprint density at radius 3 is 2.15 bits per heavy atom. The smallest absolute Gasteiger partial charge is 0.269 e. The Morgan fingerprint density at radius 1 is 1.07 bits per heavy atom. The first kappa shape index (κ1) is 19.0. The van der Waals surface area contributed by atoms with Crippen LogP contribution in [0.15, 0.2) is 36.4 Å². The van der Waals surface area contributed by atoms with Crippen LogP contribution in [0.1, 0.15) is 24.0 Å². The summed E-state index contributed by atoms with van der Waals surface area (Å²) < 4.78 is 10.6. The van der Waals surface area contributed by atoms with Crippen LogP contribution in [0.3, 0.4) is 0 Å². The SMILES string of the molecule is COc1cc(OC)cc(C2(O)CCN(c3ccc([N+](=O)[O-])cc3C)CC2)c1. The zero-order valence-corrected chi connectivity index (χ0v) is 15.8. The van der Waals surface area contributed by atoms with E-state index in [1.54, 1.807) is 32.4 Å². The van der Waals surface area contributed by atoms with Gasteiger partial charge in [-0.2, -0.15) is 0 Å². The van der Waals surface area contributed by atoms with Crippen molar-refractivity contribution < 1.29 is 19.5 Å². The lowest BCUT2D eigenvalue weighted by atomic mass is 9.84. The number of nitrogens with zero attached hydrogens (tertiary/aromatic N) is 2. The fraction of sp³-hybridized carbons (Fsp3) is 0.400. The molecule has 0 bridgehead atoms. The molecule has 3 rings (SSSR count). The summed E-state index contributed by atoms with van der Waals surface area (Å²) in [6.45, 7) is 3.17. The van der Waals surface area contributed by atoms with Crippen molar-refractivity contribution in [2.45, 2.75) is 25.4 Å². The zero-order chi connectivity index (χ0) is 19.6. The first-order valence-corrected chi connectivity index (χ1v) is 8.82. The summed E-state index contributed by atoms with van der Waals surface area (Å²) >= 11 is 0. The lowest BCUT2D eigenvalue weighted by Gasteiger charge is -2.40. The molecule has 0 radical (unpaired) electrons. The molecule has 0 unspecified atom stereocenters. The van der Waals surface area contributed by atoms with Crippen LogP contribution in [0.4, 0.5) is 11.4 Å². The molecule has 1 aliphatic rings. The van der Waals surface area contributed by atoms with Crippen molar-refractivity contribution in [3.8, 4) is 11.5 Å². The van der Waals surface area contributed by atoms with Crippen LogP contribution < -0.4 is 14.4 Å². The van der Waals surface area contributed by atoms with E-state index < -0.39 is 5.60 Å². The monoisotopic (exact) mass is 372 g/mol.